The summed E-state index contributed by atoms with van der Waals surface area (Å²) in [5.74, 6) is 0.0713. The van der Waals surface area contributed by atoms with Gasteiger partial charge in [-0.05, 0) is 45.2 Å². The van der Waals surface area contributed by atoms with E-state index in [0.717, 1.165) is 10.5 Å². The van der Waals surface area contributed by atoms with Gasteiger partial charge in [-0.25, -0.2) is 4.98 Å². The molecule has 2 rings (SSSR count). The summed E-state index contributed by atoms with van der Waals surface area (Å²) >= 11 is 0. The Balaban J connectivity index is 2.39. The highest BCUT2D eigenvalue weighted by Crippen LogP contribution is 2.20. The third-order valence-corrected chi connectivity index (χ3v) is 2.76. The molecule has 0 aliphatic carbocycles. The second-order valence-corrected chi connectivity index (χ2v) is 5.64. The molecule has 1 aromatic heterocycles. The first kappa shape index (κ1) is 9.36. The molecule has 0 bridgehead atoms. The van der Waals surface area contributed by atoms with Crippen LogP contribution in [0, 0.1) is 0 Å². The third kappa shape index (κ3) is 2.81. The van der Waals surface area contributed by atoms with Crippen LogP contribution in [-0.2, 0) is 6.42 Å². The molecular weight excluding hydrogens is 226 g/mol. The number of nitrogens with zero attached hydrogens (tertiary/aromatic N) is 2. The van der Waals surface area contributed by atoms with Crippen molar-refractivity contribution in [3.8, 4) is 0 Å². The molecule has 1 amide bonds. The number of aryl methyl sites for hydroxylation is 1. The van der Waals surface area contributed by atoms with Crippen molar-refractivity contribution in [2.24, 2.45) is 0 Å². The number of nitrogens with one attached hydrogen (secondary N) is 1. The van der Waals surface area contributed by atoms with Gasteiger partial charge in [0, 0.05) is 23.2 Å². The smallest absolute Gasteiger partial charge is 0.272 e. The number of rotatable bonds is 1. The summed E-state index contributed by atoms with van der Waals surface area (Å²) in [6.07, 6.45) is 1.29. The van der Waals surface area contributed by atoms with Crippen molar-refractivity contribution in [3.05, 3.63) is 23.4 Å². The van der Waals surface area contributed by atoms with Crippen LogP contribution in [0.25, 0.3) is 0 Å². The number of anilines is 1. The Morgan fingerprint density at radius 3 is 2.89 bits per heavy atom. The lowest BCUT2D eigenvalue weighted by Crippen LogP contribution is -2.29. The molecule has 2 heterocycles. The van der Waals surface area contributed by atoms with E-state index < -0.39 is 12.9 Å². The SMILES string of the molecule is [2H]C([2H])([2H])N1CCCc2ccc(NC(C)(C)C)nc2C1=O. The largest absolute Gasteiger partial charge is 0.365 e. The molecule has 1 aromatic rings. The van der Waals surface area contributed by atoms with E-state index >= 15 is 0 Å². The van der Waals surface area contributed by atoms with Gasteiger partial charge in [-0.3, -0.25) is 4.79 Å². The molecule has 18 heavy (non-hydrogen) atoms. The van der Waals surface area contributed by atoms with E-state index in [1.807, 2.05) is 32.9 Å². The fourth-order valence-corrected chi connectivity index (χ4v) is 1.99. The van der Waals surface area contributed by atoms with Crippen molar-refractivity contribution in [2.45, 2.75) is 39.2 Å². The molecule has 0 atom stereocenters. The summed E-state index contributed by atoms with van der Waals surface area (Å²) in [4.78, 5) is 17.8. The van der Waals surface area contributed by atoms with Crippen molar-refractivity contribution < 1.29 is 8.91 Å². The number of hydrogen-bond acceptors (Lipinski definition) is 3. The topological polar surface area (TPSA) is 45.2 Å². The van der Waals surface area contributed by atoms with Crippen LogP contribution in [0.1, 0.15) is 47.4 Å². The minimum atomic E-state index is -2.42. The van der Waals surface area contributed by atoms with E-state index in [1.54, 1.807) is 0 Å². The normalized spacial score (nSPS) is 19.4. The van der Waals surface area contributed by atoms with E-state index in [2.05, 4.69) is 10.3 Å². The van der Waals surface area contributed by atoms with Crippen molar-refractivity contribution in [3.63, 3.8) is 0 Å². The Kier molecular flexibility index (Phi) is 2.39. The molecule has 1 N–H and O–H groups in total. The number of hydrogen-bond donors (Lipinski definition) is 1. The van der Waals surface area contributed by atoms with Crippen LogP contribution in [0.4, 0.5) is 5.82 Å². The van der Waals surface area contributed by atoms with E-state index in [9.17, 15) is 4.79 Å². The summed E-state index contributed by atoms with van der Waals surface area (Å²) in [6.45, 7) is 3.80. The van der Waals surface area contributed by atoms with Crippen LogP contribution < -0.4 is 5.32 Å². The zero-order chi connectivity index (χ0) is 15.8. The van der Waals surface area contributed by atoms with Gasteiger partial charge < -0.3 is 10.2 Å². The molecule has 0 fully saturated rings. The molecule has 0 spiro atoms. The molecule has 0 radical (unpaired) electrons. The Bertz CT molecular complexity index is 549. The molecule has 0 saturated heterocycles. The van der Waals surface area contributed by atoms with Gasteiger partial charge in [0.15, 0.2) is 0 Å². The average molecular weight is 250 g/mol. The predicted octanol–water partition coefficient (Wildman–Crippen LogP) is 2.31. The first-order chi connectivity index (χ1) is 9.58. The second kappa shape index (κ2) is 4.59. The lowest BCUT2D eigenvalue weighted by molar-refractivity contribution is 0.0794. The van der Waals surface area contributed by atoms with Crippen LogP contribution in [0.5, 0.6) is 0 Å². The lowest BCUT2D eigenvalue weighted by atomic mass is 10.1. The summed E-state index contributed by atoms with van der Waals surface area (Å²) < 4.78 is 22.5. The molecule has 4 nitrogen and oxygen atoms in total. The number of carbonyl (C=O) groups excluding carboxylic acids is 1. The molecular formula is C14H21N3O. The maximum absolute atomic E-state index is 12.5. The average Bonchev–Trinajstić information content (AvgIpc) is 2.46. The molecule has 98 valence electrons. The number of amides is 1. The summed E-state index contributed by atoms with van der Waals surface area (Å²) in [5.41, 5.74) is 0.878. The Morgan fingerprint density at radius 1 is 1.44 bits per heavy atom. The van der Waals surface area contributed by atoms with Crippen LogP contribution in [0.2, 0.25) is 0 Å². The maximum atomic E-state index is 12.5. The van der Waals surface area contributed by atoms with Gasteiger partial charge in [0.1, 0.15) is 11.5 Å². The maximum Gasteiger partial charge on any atom is 0.272 e. The highest BCUT2D eigenvalue weighted by Gasteiger charge is 2.22. The zero-order valence-corrected chi connectivity index (χ0v) is 11.1. The van der Waals surface area contributed by atoms with Crippen molar-refractivity contribution in [2.75, 3.05) is 18.8 Å². The first-order valence-corrected chi connectivity index (χ1v) is 6.18. The predicted molar refractivity (Wildman–Crippen MR) is 72.9 cm³/mol. The zero-order valence-electron chi connectivity index (χ0n) is 14.1. The van der Waals surface area contributed by atoms with Crippen LogP contribution in [0.15, 0.2) is 12.1 Å². The third-order valence-electron chi connectivity index (χ3n) is 2.76. The van der Waals surface area contributed by atoms with E-state index in [0.29, 0.717) is 18.7 Å². The van der Waals surface area contributed by atoms with Crippen molar-refractivity contribution >= 4 is 11.7 Å². The summed E-state index contributed by atoms with van der Waals surface area (Å²) in [5, 5.41) is 3.20. The minimum absolute atomic E-state index is 0.182. The van der Waals surface area contributed by atoms with E-state index in [1.165, 1.54) is 0 Å². The van der Waals surface area contributed by atoms with Crippen LogP contribution >= 0.6 is 0 Å². The Hall–Kier alpha value is -1.58. The fourth-order valence-electron chi connectivity index (χ4n) is 1.99. The molecule has 1 aliphatic heterocycles. The van der Waals surface area contributed by atoms with Gasteiger partial charge in [0.2, 0.25) is 0 Å². The van der Waals surface area contributed by atoms with Crippen LogP contribution in [0.3, 0.4) is 0 Å². The van der Waals surface area contributed by atoms with Gasteiger partial charge in [-0.1, -0.05) is 6.07 Å². The van der Waals surface area contributed by atoms with Crippen LogP contribution in [-0.4, -0.2) is 34.9 Å². The quantitative estimate of drug-likeness (QED) is 0.832. The Morgan fingerprint density at radius 2 is 2.22 bits per heavy atom. The number of fused-ring (bicyclic) bond motifs is 1. The Labute approximate surface area is 113 Å². The summed E-state index contributed by atoms with van der Waals surface area (Å²) in [7, 11) is 0. The highest BCUT2D eigenvalue weighted by molar-refractivity contribution is 5.94. The van der Waals surface area contributed by atoms with Gasteiger partial charge in [-0.2, -0.15) is 0 Å². The molecule has 4 heteroatoms. The second-order valence-electron chi connectivity index (χ2n) is 5.64. The number of pyridine rings is 1. The molecule has 0 aromatic carbocycles. The van der Waals surface area contributed by atoms with Crippen molar-refractivity contribution in [1.29, 1.82) is 0 Å². The number of aromatic nitrogens is 1. The molecule has 1 aliphatic rings. The number of carbonyl (C=O) groups is 1. The molecule has 0 saturated carbocycles. The highest BCUT2D eigenvalue weighted by atomic mass is 16.2. The monoisotopic (exact) mass is 250 g/mol. The van der Waals surface area contributed by atoms with Gasteiger partial charge in [-0.15, -0.1) is 0 Å². The first-order valence-electron chi connectivity index (χ1n) is 7.68. The van der Waals surface area contributed by atoms with Gasteiger partial charge in [0.05, 0.1) is 0 Å². The van der Waals surface area contributed by atoms with Crippen molar-refractivity contribution in [1.82, 2.24) is 9.88 Å². The van der Waals surface area contributed by atoms with Gasteiger partial charge >= 0.3 is 0 Å². The van der Waals surface area contributed by atoms with E-state index in [-0.39, 0.29) is 17.8 Å². The summed E-state index contributed by atoms with van der Waals surface area (Å²) in [6, 6.07) is 3.69. The standard InChI is InChI=1S/C14H21N3O/c1-14(2,3)16-11-8-7-10-6-5-9-17(4)13(18)12(10)15-11/h7-8H,5-6,9H2,1-4H3,(H,15,16)/i4D3. The van der Waals surface area contributed by atoms with E-state index in [4.69, 9.17) is 4.11 Å². The minimum Gasteiger partial charge on any atom is -0.365 e. The molecule has 0 unspecified atom stereocenters. The van der Waals surface area contributed by atoms with Gasteiger partial charge in [0.25, 0.3) is 5.91 Å². The fraction of sp³-hybridized carbons (Fsp3) is 0.571. The lowest BCUT2D eigenvalue weighted by Gasteiger charge is -2.22.